The number of ether oxygens (including phenoxy) is 1. The number of carbonyl (C=O) groups is 1. The number of halogens is 1. The molecule has 1 fully saturated rings. The van der Waals surface area contributed by atoms with Crippen molar-refractivity contribution in [2.45, 2.75) is 12.5 Å². The predicted molar refractivity (Wildman–Crippen MR) is 71.9 cm³/mol. The monoisotopic (exact) mass is 282 g/mol. The summed E-state index contributed by atoms with van der Waals surface area (Å²) in [5.74, 6) is -1.08. The van der Waals surface area contributed by atoms with Crippen LogP contribution in [0.25, 0.3) is 0 Å². The summed E-state index contributed by atoms with van der Waals surface area (Å²) in [7, 11) is 1.29. The number of nitrogens with zero attached hydrogens (tertiary/aromatic N) is 1. The molecule has 0 aliphatic carbocycles. The van der Waals surface area contributed by atoms with Crippen molar-refractivity contribution in [2.24, 2.45) is 0 Å². The van der Waals surface area contributed by atoms with E-state index in [2.05, 4.69) is 5.32 Å². The molecule has 1 saturated heterocycles. The van der Waals surface area contributed by atoms with Gasteiger partial charge in [-0.3, -0.25) is 4.90 Å². The minimum absolute atomic E-state index is 0.0981. The molecule has 20 heavy (non-hydrogen) atoms. The number of methoxy groups -OCH3 is 1. The SMILES string of the molecule is COC(=O)C(c1cc(F)ccc1O)N1CCCNCC1. The molecular weight excluding hydrogens is 263 g/mol. The third kappa shape index (κ3) is 3.26. The van der Waals surface area contributed by atoms with Crippen LogP contribution in [0.3, 0.4) is 0 Å². The Hall–Kier alpha value is -1.66. The van der Waals surface area contributed by atoms with E-state index >= 15 is 0 Å². The van der Waals surface area contributed by atoms with Crippen LogP contribution in [0, 0.1) is 5.82 Å². The number of phenols is 1. The molecule has 110 valence electrons. The molecule has 2 N–H and O–H groups in total. The second kappa shape index (κ2) is 6.67. The lowest BCUT2D eigenvalue weighted by molar-refractivity contribution is -0.147. The lowest BCUT2D eigenvalue weighted by Crippen LogP contribution is -2.37. The third-order valence-corrected chi connectivity index (χ3v) is 3.45. The molecule has 0 bridgehead atoms. The van der Waals surface area contributed by atoms with E-state index in [1.54, 1.807) is 0 Å². The Kier molecular flexibility index (Phi) is 4.92. The maximum Gasteiger partial charge on any atom is 0.327 e. The number of rotatable bonds is 3. The zero-order valence-corrected chi connectivity index (χ0v) is 11.4. The van der Waals surface area contributed by atoms with Crippen LogP contribution in [0.2, 0.25) is 0 Å². The van der Waals surface area contributed by atoms with Gasteiger partial charge in [-0.05, 0) is 31.2 Å². The maximum atomic E-state index is 13.4. The van der Waals surface area contributed by atoms with E-state index < -0.39 is 17.8 Å². The van der Waals surface area contributed by atoms with Gasteiger partial charge in [0.15, 0.2) is 0 Å². The molecular formula is C14H19FN2O3. The topological polar surface area (TPSA) is 61.8 Å². The highest BCUT2D eigenvalue weighted by Gasteiger charge is 2.31. The number of carbonyl (C=O) groups excluding carboxylic acids is 1. The summed E-state index contributed by atoms with van der Waals surface area (Å²) in [6.45, 7) is 2.93. The summed E-state index contributed by atoms with van der Waals surface area (Å²) in [6.07, 6.45) is 0.879. The quantitative estimate of drug-likeness (QED) is 0.811. The zero-order chi connectivity index (χ0) is 14.5. The van der Waals surface area contributed by atoms with Gasteiger partial charge < -0.3 is 15.2 Å². The van der Waals surface area contributed by atoms with Crippen molar-refractivity contribution in [3.05, 3.63) is 29.6 Å². The van der Waals surface area contributed by atoms with E-state index in [-0.39, 0.29) is 11.3 Å². The molecule has 1 unspecified atom stereocenters. The highest BCUT2D eigenvalue weighted by Crippen LogP contribution is 2.30. The van der Waals surface area contributed by atoms with Gasteiger partial charge in [-0.1, -0.05) is 0 Å². The first kappa shape index (κ1) is 14.7. The number of hydrogen-bond donors (Lipinski definition) is 2. The van der Waals surface area contributed by atoms with Crippen molar-refractivity contribution in [1.29, 1.82) is 0 Å². The normalized spacial score (nSPS) is 18.3. The predicted octanol–water partition coefficient (Wildman–Crippen LogP) is 1.04. The van der Waals surface area contributed by atoms with E-state index in [1.165, 1.54) is 19.2 Å². The Morgan fingerprint density at radius 1 is 1.45 bits per heavy atom. The zero-order valence-electron chi connectivity index (χ0n) is 11.4. The van der Waals surface area contributed by atoms with Crippen LogP contribution >= 0.6 is 0 Å². The lowest BCUT2D eigenvalue weighted by atomic mass is 10.0. The van der Waals surface area contributed by atoms with Crippen molar-refractivity contribution < 1.29 is 19.0 Å². The molecule has 1 aliphatic rings. The highest BCUT2D eigenvalue weighted by molar-refractivity contribution is 5.78. The average molecular weight is 282 g/mol. The molecule has 1 aromatic rings. The molecule has 0 radical (unpaired) electrons. The first-order chi connectivity index (χ1) is 9.63. The van der Waals surface area contributed by atoms with Crippen molar-refractivity contribution in [1.82, 2.24) is 10.2 Å². The molecule has 1 aliphatic heterocycles. The van der Waals surface area contributed by atoms with Gasteiger partial charge in [-0.25, -0.2) is 9.18 Å². The molecule has 0 spiro atoms. The summed E-state index contributed by atoms with van der Waals surface area (Å²) in [5.41, 5.74) is 0.249. The second-order valence-electron chi connectivity index (χ2n) is 4.77. The van der Waals surface area contributed by atoms with Crippen LogP contribution in [-0.4, -0.2) is 49.3 Å². The fourth-order valence-corrected chi connectivity index (χ4v) is 2.45. The fourth-order valence-electron chi connectivity index (χ4n) is 2.45. The largest absolute Gasteiger partial charge is 0.508 e. The number of aromatic hydroxyl groups is 1. The first-order valence-electron chi connectivity index (χ1n) is 6.64. The number of esters is 1. The van der Waals surface area contributed by atoms with E-state index in [9.17, 15) is 14.3 Å². The molecule has 1 heterocycles. The molecule has 5 nitrogen and oxygen atoms in total. The van der Waals surface area contributed by atoms with Crippen LogP contribution < -0.4 is 5.32 Å². The fraction of sp³-hybridized carbons (Fsp3) is 0.500. The van der Waals surface area contributed by atoms with Crippen molar-refractivity contribution >= 4 is 5.97 Å². The third-order valence-electron chi connectivity index (χ3n) is 3.45. The van der Waals surface area contributed by atoms with Gasteiger partial charge in [-0.2, -0.15) is 0 Å². The molecule has 0 aromatic heterocycles. The second-order valence-corrected chi connectivity index (χ2v) is 4.77. The number of hydrogen-bond acceptors (Lipinski definition) is 5. The van der Waals surface area contributed by atoms with Gasteiger partial charge in [0.2, 0.25) is 0 Å². The van der Waals surface area contributed by atoms with Crippen molar-refractivity contribution in [3.8, 4) is 5.75 Å². The number of phenolic OH excluding ortho intramolecular Hbond substituents is 1. The molecule has 0 amide bonds. The summed E-state index contributed by atoms with van der Waals surface area (Å²) in [5, 5.41) is 13.2. The summed E-state index contributed by atoms with van der Waals surface area (Å²) in [4.78, 5) is 14.0. The Labute approximate surface area is 117 Å². The summed E-state index contributed by atoms with van der Waals surface area (Å²) >= 11 is 0. The molecule has 1 aromatic carbocycles. The Morgan fingerprint density at radius 2 is 2.25 bits per heavy atom. The maximum absolute atomic E-state index is 13.4. The summed E-state index contributed by atoms with van der Waals surface area (Å²) in [6, 6.07) is 2.83. The summed E-state index contributed by atoms with van der Waals surface area (Å²) < 4.78 is 18.2. The molecule has 2 rings (SSSR count). The Balaban J connectivity index is 2.35. The van der Waals surface area contributed by atoms with Crippen LogP contribution in [0.15, 0.2) is 18.2 Å². The van der Waals surface area contributed by atoms with E-state index in [0.717, 1.165) is 25.6 Å². The van der Waals surface area contributed by atoms with E-state index in [0.29, 0.717) is 13.1 Å². The van der Waals surface area contributed by atoms with E-state index in [4.69, 9.17) is 4.74 Å². The van der Waals surface area contributed by atoms with Gasteiger partial charge in [0, 0.05) is 25.2 Å². The van der Waals surface area contributed by atoms with Gasteiger partial charge in [-0.15, -0.1) is 0 Å². The van der Waals surface area contributed by atoms with Crippen LogP contribution in [0.1, 0.15) is 18.0 Å². The van der Waals surface area contributed by atoms with Crippen molar-refractivity contribution in [2.75, 3.05) is 33.3 Å². The van der Waals surface area contributed by atoms with Crippen LogP contribution in [-0.2, 0) is 9.53 Å². The van der Waals surface area contributed by atoms with Gasteiger partial charge in [0.1, 0.15) is 17.6 Å². The number of nitrogens with one attached hydrogen (secondary N) is 1. The average Bonchev–Trinajstić information content (AvgIpc) is 2.72. The lowest BCUT2D eigenvalue weighted by Gasteiger charge is -2.28. The van der Waals surface area contributed by atoms with E-state index in [1.807, 2.05) is 4.90 Å². The Morgan fingerprint density at radius 3 is 3.00 bits per heavy atom. The van der Waals surface area contributed by atoms with Gasteiger partial charge in [0.25, 0.3) is 0 Å². The number of benzene rings is 1. The smallest absolute Gasteiger partial charge is 0.327 e. The van der Waals surface area contributed by atoms with Gasteiger partial charge in [0.05, 0.1) is 7.11 Å². The van der Waals surface area contributed by atoms with Crippen LogP contribution in [0.4, 0.5) is 4.39 Å². The van der Waals surface area contributed by atoms with Crippen LogP contribution in [0.5, 0.6) is 5.75 Å². The Bertz CT molecular complexity index is 473. The molecule has 6 heteroatoms. The van der Waals surface area contributed by atoms with Gasteiger partial charge >= 0.3 is 5.97 Å². The molecule has 0 saturated carbocycles. The highest BCUT2D eigenvalue weighted by atomic mass is 19.1. The minimum Gasteiger partial charge on any atom is -0.508 e. The standard InChI is InChI=1S/C14H19FN2O3/c1-20-14(19)13(17-7-2-5-16-6-8-17)11-9-10(15)3-4-12(11)18/h3-4,9,13,16,18H,2,5-8H2,1H3. The molecule has 1 atom stereocenters. The minimum atomic E-state index is -0.782. The van der Waals surface area contributed by atoms with Crippen molar-refractivity contribution in [3.63, 3.8) is 0 Å². The first-order valence-corrected chi connectivity index (χ1v) is 6.64.